The lowest BCUT2D eigenvalue weighted by Gasteiger charge is -2.41. The van der Waals surface area contributed by atoms with Crippen molar-refractivity contribution in [2.45, 2.75) is 18.8 Å². The molecule has 0 spiro atoms. The molecule has 0 aromatic heterocycles. The second-order valence-electron chi connectivity index (χ2n) is 8.72. The molecule has 6 nitrogen and oxygen atoms in total. The summed E-state index contributed by atoms with van der Waals surface area (Å²) in [6.45, 7) is 1.88. The van der Waals surface area contributed by atoms with E-state index in [1.807, 2.05) is 79.7 Å². The molecule has 1 saturated heterocycles. The van der Waals surface area contributed by atoms with E-state index in [0.29, 0.717) is 5.69 Å². The first-order chi connectivity index (χ1) is 15.9. The van der Waals surface area contributed by atoms with Crippen LogP contribution in [-0.4, -0.2) is 16.7 Å². The SMILES string of the molecule is C[C@]12C(=O)N(c3ccc([N+](=O)[O-])cc3)C(=O)[C@@H]1[C@H](c1ccccc1)C=C[C@H]2c1ccccc1. The summed E-state index contributed by atoms with van der Waals surface area (Å²) in [4.78, 5) is 39.6. The van der Waals surface area contributed by atoms with Crippen LogP contribution in [0.5, 0.6) is 0 Å². The lowest BCUT2D eigenvalue weighted by atomic mass is 9.58. The Morgan fingerprint density at radius 1 is 0.818 bits per heavy atom. The molecule has 1 aliphatic heterocycles. The average molecular weight is 438 g/mol. The van der Waals surface area contributed by atoms with Gasteiger partial charge in [0.1, 0.15) is 0 Å². The number of benzene rings is 3. The van der Waals surface area contributed by atoms with Gasteiger partial charge in [-0.15, -0.1) is 0 Å². The minimum Gasteiger partial charge on any atom is -0.274 e. The summed E-state index contributed by atoms with van der Waals surface area (Å²) in [5, 5.41) is 11.1. The normalized spacial score (nSPS) is 26.3. The number of allylic oxidation sites excluding steroid dienone is 2. The Hall–Kier alpha value is -4.06. The van der Waals surface area contributed by atoms with Gasteiger partial charge < -0.3 is 0 Å². The van der Waals surface area contributed by atoms with E-state index >= 15 is 0 Å². The van der Waals surface area contributed by atoms with Gasteiger partial charge in [-0.3, -0.25) is 19.7 Å². The number of carbonyl (C=O) groups is 2. The van der Waals surface area contributed by atoms with Gasteiger partial charge >= 0.3 is 0 Å². The maximum absolute atomic E-state index is 14.0. The van der Waals surface area contributed by atoms with E-state index in [1.165, 1.54) is 29.2 Å². The molecule has 0 unspecified atom stereocenters. The largest absolute Gasteiger partial charge is 0.274 e. The van der Waals surface area contributed by atoms with Gasteiger partial charge in [-0.2, -0.15) is 0 Å². The lowest BCUT2D eigenvalue weighted by molar-refractivity contribution is -0.384. The third-order valence-electron chi connectivity index (χ3n) is 6.97. The second kappa shape index (κ2) is 7.81. The second-order valence-corrected chi connectivity index (χ2v) is 8.72. The van der Waals surface area contributed by atoms with Crippen LogP contribution in [0, 0.1) is 21.4 Å². The molecule has 3 aromatic carbocycles. The van der Waals surface area contributed by atoms with Gasteiger partial charge in [0, 0.05) is 24.0 Å². The fraction of sp³-hybridized carbons (Fsp3) is 0.185. The van der Waals surface area contributed by atoms with Crippen LogP contribution >= 0.6 is 0 Å². The topological polar surface area (TPSA) is 80.5 Å². The Morgan fingerprint density at radius 2 is 1.39 bits per heavy atom. The molecule has 0 N–H and O–H groups in total. The van der Waals surface area contributed by atoms with Crippen molar-refractivity contribution in [1.29, 1.82) is 0 Å². The first-order valence-electron chi connectivity index (χ1n) is 10.8. The molecule has 5 rings (SSSR count). The van der Waals surface area contributed by atoms with Crippen molar-refractivity contribution in [2.24, 2.45) is 11.3 Å². The Bertz CT molecular complexity index is 1250. The maximum atomic E-state index is 14.0. The molecule has 4 atom stereocenters. The zero-order valence-electron chi connectivity index (χ0n) is 18.0. The summed E-state index contributed by atoms with van der Waals surface area (Å²) in [7, 11) is 0. The number of rotatable bonds is 4. The number of imide groups is 1. The number of non-ortho nitro benzene ring substituents is 1. The Morgan fingerprint density at radius 3 is 1.97 bits per heavy atom. The lowest BCUT2D eigenvalue weighted by Crippen LogP contribution is -2.42. The molecular formula is C27H22N2O4. The quantitative estimate of drug-likeness (QED) is 0.242. The van der Waals surface area contributed by atoms with E-state index in [4.69, 9.17) is 0 Å². The van der Waals surface area contributed by atoms with Gasteiger partial charge in [0.25, 0.3) is 5.69 Å². The predicted molar refractivity (Wildman–Crippen MR) is 125 cm³/mol. The predicted octanol–water partition coefficient (Wildman–Crippen LogP) is 5.23. The minimum absolute atomic E-state index is 0.0903. The monoisotopic (exact) mass is 438 g/mol. The number of hydrogen-bond acceptors (Lipinski definition) is 4. The molecular weight excluding hydrogens is 416 g/mol. The van der Waals surface area contributed by atoms with Crippen LogP contribution in [0.25, 0.3) is 0 Å². The highest BCUT2D eigenvalue weighted by atomic mass is 16.6. The van der Waals surface area contributed by atoms with Crippen LogP contribution in [-0.2, 0) is 9.59 Å². The van der Waals surface area contributed by atoms with Crippen LogP contribution in [0.4, 0.5) is 11.4 Å². The fourth-order valence-corrected chi connectivity index (χ4v) is 5.33. The van der Waals surface area contributed by atoms with E-state index in [9.17, 15) is 19.7 Å². The number of carbonyl (C=O) groups excluding carboxylic acids is 2. The number of amides is 2. The summed E-state index contributed by atoms with van der Waals surface area (Å²) in [6, 6.07) is 25.1. The van der Waals surface area contributed by atoms with Crippen molar-refractivity contribution in [1.82, 2.24) is 0 Å². The Balaban J connectivity index is 1.65. The number of nitrogens with zero attached hydrogens (tertiary/aromatic N) is 2. The van der Waals surface area contributed by atoms with Gasteiger partial charge in [0.05, 0.1) is 21.9 Å². The average Bonchev–Trinajstić information content (AvgIpc) is 3.05. The van der Waals surface area contributed by atoms with Crippen LogP contribution in [0.3, 0.4) is 0 Å². The van der Waals surface area contributed by atoms with Gasteiger partial charge in [-0.25, -0.2) is 4.90 Å². The van der Waals surface area contributed by atoms with Crippen LogP contribution in [0.2, 0.25) is 0 Å². The zero-order valence-corrected chi connectivity index (χ0v) is 18.0. The minimum atomic E-state index is -1.00. The number of nitro benzene ring substituents is 1. The van der Waals surface area contributed by atoms with Crippen molar-refractivity contribution >= 4 is 23.2 Å². The summed E-state index contributed by atoms with van der Waals surface area (Å²) < 4.78 is 0. The zero-order chi connectivity index (χ0) is 23.2. The van der Waals surface area contributed by atoms with Gasteiger partial charge in [0.2, 0.25) is 11.8 Å². The van der Waals surface area contributed by atoms with Gasteiger partial charge in [0.15, 0.2) is 0 Å². The van der Waals surface area contributed by atoms with E-state index in [1.54, 1.807) is 0 Å². The summed E-state index contributed by atoms with van der Waals surface area (Å²) in [5.41, 5.74) is 1.20. The van der Waals surface area contributed by atoms with Crippen LogP contribution < -0.4 is 4.90 Å². The molecule has 2 aliphatic rings. The van der Waals surface area contributed by atoms with Crippen molar-refractivity contribution in [3.8, 4) is 0 Å². The molecule has 0 bridgehead atoms. The van der Waals surface area contributed by atoms with Crippen molar-refractivity contribution in [3.63, 3.8) is 0 Å². The molecule has 1 fully saturated rings. The maximum Gasteiger partial charge on any atom is 0.269 e. The highest BCUT2D eigenvalue weighted by molar-refractivity contribution is 6.24. The fourth-order valence-electron chi connectivity index (χ4n) is 5.33. The molecule has 0 saturated carbocycles. The number of nitro groups is 1. The van der Waals surface area contributed by atoms with Crippen molar-refractivity contribution in [3.05, 3.63) is 118 Å². The Labute approximate surface area is 191 Å². The van der Waals surface area contributed by atoms with Gasteiger partial charge in [-0.1, -0.05) is 72.8 Å². The van der Waals surface area contributed by atoms with E-state index in [-0.39, 0.29) is 29.3 Å². The molecule has 1 aliphatic carbocycles. The van der Waals surface area contributed by atoms with E-state index in [0.717, 1.165) is 11.1 Å². The number of hydrogen-bond donors (Lipinski definition) is 0. The van der Waals surface area contributed by atoms with Crippen molar-refractivity contribution < 1.29 is 14.5 Å². The molecule has 0 radical (unpaired) electrons. The molecule has 2 amide bonds. The van der Waals surface area contributed by atoms with Gasteiger partial charge in [-0.05, 0) is 30.2 Å². The Kier molecular flexibility index (Phi) is 4.93. The van der Waals surface area contributed by atoms with Crippen molar-refractivity contribution in [2.75, 3.05) is 4.90 Å². The summed E-state index contributed by atoms with van der Waals surface area (Å²) in [5.74, 6) is -1.70. The standard InChI is InChI=1S/C27H22N2O4/c1-27-23(19-10-6-3-7-11-19)17-16-22(18-8-4-2-5-9-18)24(27)25(30)28(26(27)31)20-12-14-21(15-13-20)29(32)33/h2-17,22-24H,1H3/t22-,23-,24-,27+/m0/s1. The first-order valence-corrected chi connectivity index (χ1v) is 10.8. The summed E-state index contributed by atoms with van der Waals surface area (Å²) >= 11 is 0. The molecule has 164 valence electrons. The third kappa shape index (κ3) is 3.18. The molecule has 6 heteroatoms. The molecule has 33 heavy (non-hydrogen) atoms. The number of fused-ring (bicyclic) bond motifs is 1. The third-order valence-corrected chi connectivity index (χ3v) is 6.97. The smallest absolute Gasteiger partial charge is 0.269 e. The van der Waals surface area contributed by atoms with Crippen LogP contribution in [0.15, 0.2) is 97.1 Å². The van der Waals surface area contributed by atoms with E-state index in [2.05, 4.69) is 0 Å². The highest BCUT2D eigenvalue weighted by Gasteiger charge is 2.63. The van der Waals surface area contributed by atoms with Crippen LogP contribution in [0.1, 0.15) is 29.9 Å². The highest BCUT2D eigenvalue weighted by Crippen LogP contribution is 2.57. The first kappa shape index (κ1) is 20.8. The number of anilines is 1. The summed E-state index contributed by atoms with van der Waals surface area (Å²) in [6.07, 6.45) is 4.10. The molecule has 1 heterocycles. The van der Waals surface area contributed by atoms with E-state index < -0.39 is 16.3 Å². The molecule has 3 aromatic rings.